The molecule has 102 valence electrons. The number of hydrogen-bond donors (Lipinski definition) is 1. The summed E-state index contributed by atoms with van der Waals surface area (Å²) in [5, 5.41) is 4.79. The van der Waals surface area contributed by atoms with E-state index in [1.807, 2.05) is 5.38 Å². The Kier molecular flexibility index (Phi) is 3.55. The molecule has 19 heavy (non-hydrogen) atoms. The Morgan fingerprint density at radius 1 is 1.26 bits per heavy atom. The van der Waals surface area contributed by atoms with Crippen LogP contribution in [-0.4, -0.2) is 36.3 Å². The summed E-state index contributed by atoms with van der Waals surface area (Å²) in [6.45, 7) is 1.54. The number of thiophene rings is 1. The van der Waals surface area contributed by atoms with Gasteiger partial charge >= 0.3 is 0 Å². The third kappa shape index (κ3) is 2.52. The van der Waals surface area contributed by atoms with E-state index in [4.69, 9.17) is 0 Å². The number of aryl methyl sites for hydroxylation is 1. The van der Waals surface area contributed by atoms with E-state index in [0.29, 0.717) is 13.1 Å². The molecule has 0 atom stereocenters. The third-order valence-corrected chi connectivity index (χ3v) is 4.93. The van der Waals surface area contributed by atoms with Crippen LogP contribution in [0.1, 0.15) is 40.1 Å². The SMILES string of the molecule is O=C1CN(C(=O)c2csc3c2CCCC3)CCCN1. The van der Waals surface area contributed by atoms with Gasteiger partial charge in [-0.05, 0) is 37.7 Å². The first kappa shape index (κ1) is 12.7. The number of rotatable bonds is 1. The van der Waals surface area contributed by atoms with Gasteiger partial charge in [-0.1, -0.05) is 0 Å². The number of carbonyl (C=O) groups excluding carboxylic acids is 2. The van der Waals surface area contributed by atoms with Crippen LogP contribution < -0.4 is 5.32 Å². The van der Waals surface area contributed by atoms with E-state index in [0.717, 1.165) is 24.8 Å². The summed E-state index contributed by atoms with van der Waals surface area (Å²) < 4.78 is 0. The van der Waals surface area contributed by atoms with Crippen LogP contribution in [0.3, 0.4) is 0 Å². The summed E-state index contributed by atoms with van der Waals surface area (Å²) in [4.78, 5) is 27.2. The zero-order valence-corrected chi connectivity index (χ0v) is 11.7. The molecule has 2 amide bonds. The Morgan fingerprint density at radius 2 is 2.11 bits per heavy atom. The maximum Gasteiger partial charge on any atom is 0.255 e. The minimum absolute atomic E-state index is 0.0384. The molecule has 1 aliphatic carbocycles. The summed E-state index contributed by atoms with van der Waals surface area (Å²) >= 11 is 1.70. The van der Waals surface area contributed by atoms with Gasteiger partial charge in [0.2, 0.25) is 5.91 Å². The lowest BCUT2D eigenvalue weighted by Gasteiger charge is -2.20. The van der Waals surface area contributed by atoms with Gasteiger partial charge in [-0.3, -0.25) is 9.59 Å². The maximum atomic E-state index is 12.6. The number of nitrogens with zero attached hydrogens (tertiary/aromatic N) is 1. The minimum atomic E-state index is -0.0463. The van der Waals surface area contributed by atoms with Gasteiger partial charge in [0.25, 0.3) is 5.91 Å². The fourth-order valence-corrected chi connectivity index (χ4v) is 3.94. The molecule has 0 bridgehead atoms. The van der Waals surface area contributed by atoms with Crippen molar-refractivity contribution in [2.24, 2.45) is 0 Å². The van der Waals surface area contributed by atoms with Crippen molar-refractivity contribution in [3.8, 4) is 0 Å². The quantitative estimate of drug-likeness (QED) is 0.848. The van der Waals surface area contributed by atoms with Gasteiger partial charge in [0.15, 0.2) is 0 Å². The van der Waals surface area contributed by atoms with Crippen molar-refractivity contribution in [1.82, 2.24) is 10.2 Å². The van der Waals surface area contributed by atoms with Crippen LogP contribution in [0, 0.1) is 0 Å². The van der Waals surface area contributed by atoms with Crippen LogP contribution in [-0.2, 0) is 17.6 Å². The molecule has 0 radical (unpaired) electrons. The third-order valence-electron chi connectivity index (χ3n) is 3.84. The Bertz CT molecular complexity index is 510. The molecular formula is C14H18N2O2S. The maximum absolute atomic E-state index is 12.6. The van der Waals surface area contributed by atoms with Gasteiger partial charge in [-0.15, -0.1) is 11.3 Å². The van der Waals surface area contributed by atoms with Gasteiger partial charge in [0.1, 0.15) is 0 Å². The molecule has 0 aromatic carbocycles. The van der Waals surface area contributed by atoms with Crippen molar-refractivity contribution >= 4 is 23.2 Å². The van der Waals surface area contributed by atoms with E-state index in [2.05, 4.69) is 5.32 Å². The summed E-state index contributed by atoms with van der Waals surface area (Å²) in [6, 6.07) is 0. The lowest BCUT2D eigenvalue weighted by atomic mass is 9.95. The molecule has 0 spiro atoms. The Balaban J connectivity index is 1.83. The zero-order chi connectivity index (χ0) is 13.2. The summed E-state index contributed by atoms with van der Waals surface area (Å²) in [7, 11) is 0. The summed E-state index contributed by atoms with van der Waals surface area (Å²) in [5.41, 5.74) is 2.08. The fraction of sp³-hybridized carbons (Fsp3) is 0.571. The Labute approximate surface area is 116 Å². The highest BCUT2D eigenvalue weighted by Crippen LogP contribution is 2.31. The van der Waals surface area contributed by atoms with Gasteiger partial charge in [0, 0.05) is 23.3 Å². The van der Waals surface area contributed by atoms with Crippen LogP contribution >= 0.6 is 11.3 Å². The molecule has 0 unspecified atom stereocenters. The van der Waals surface area contributed by atoms with Crippen molar-refractivity contribution in [3.63, 3.8) is 0 Å². The van der Waals surface area contributed by atoms with Crippen molar-refractivity contribution in [2.75, 3.05) is 19.6 Å². The first-order valence-electron chi connectivity index (χ1n) is 6.91. The number of nitrogens with one attached hydrogen (secondary N) is 1. The van der Waals surface area contributed by atoms with Crippen LogP contribution in [0.15, 0.2) is 5.38 Å². The second kappa shape index (κ2) is 5.33. The van der Waals surface area contributed by atoms with Crippen LogP contribution in [0.4, 0.5) is 0 Å². The molecule has 1 aliphatic heterocycles. The molecule has 1 aromatic rings. The summed E-state index contributed by atoms with van der Waals surface area (Å²) in [6.07, 6.45) is 5.36. The largest absolute Gasteiger partial charge is 0.354 e. The molecule has 2 heterocycles. The molecule has 1 aromatic heterocycles. The second-order valence-corrected chi connectivity index (χ2v) is 6.15. The molecule has 1 N–H and O–H groups in total. The molecule has 1 fully saturated rings. The van der Waals surface area contributed by atoms with E-state index < -0.39 is 0 Å². The molecule has 1 saturated heterocycles. The average Bonchev–Trinajstić information content (AvgIpc) is 2.73. The topological polar surface area (TPSA) is 49.4 Å². The number of amides is 2. The highest BCUT2D eigenvalue weighted by Gasteiger charge is 2.26. The lowest BCUT2D eigenvalue weighted by molar-refractivity contribution is -0.121. The Hall–Kier alpha value is -1.36. The average molecular weight is 278 g/mol. The van der Waals surface area contributed by atoms with E-state index >= 15 is 0 Å². The highest BCUT2D eigenvalue weighted by molar-refractivity contribution is 7.10. The fourth-order valence-electron chi connectivity index (χ4n) is 2.82. The predicted octanol–water partition coefficient (Wildman–Crippen LogP) is 1.59. The van der Waals surface area contributed by atoms with Crippen LogP contribution in [0.25, 0.3) is 0 Å². The van der Waals surface area contributed by atoms with Gasteiger partial charge in [-0.2, -0.15) is 0 Å². The van der Waals surface area contributed by atoms with E-state index in [9.17, 15) is 9.59 Å². The van der Waals surface area contributed by atoms with Crippen molar-refractivity contribution < 1.29 is 9.59 Å². The molecule has 3 rings (SSSR count). The molecule has 5 heteroatoms. The molecular weight excluding hydrogens is 260 g/mol. The first-order chi connectivity index (χ1) is 9.25. The van der Waals surface area contributed by atoms with E-state index in [1.54, 1.807) is 16.2 Å². The second-order valence-electron chi connectivity index (χ2n) is 5.19. The number of carbonyl (C=O) groups is 2. The first-order valence-corrected chi connectivity index (χ1v) is 7.79. The van der Waals surface area contributed by atoms with Gasteiger partial charge in [0.05, 0.1) is 12.1 Å². The lowest BCUT2D eigenvalue weighted by Crippen LogP contribution is -2.37. The monoisotopic (exact) mass is 278 g/mol. The van der Waals surface area contributed by atoms with E-state index in [-0.39, 0.29) is 18.4 Å². The minimum Gasteiger partial charge on any atom is -0.354 e. The van der Waals surface area contributed by atoms with E-state index in [1.165, 1.54) is 23.3 Å². The van der Waals surface area contributed by atoms with Crippen LogP contribution in [0.2, 0.25) is 0 Å². The van der Waals surface area contributed by atoms with Crippen molar-refractivity contribution in [2.45, 2.75) is 32.1 Å². The van der Waals surface area contributed by atoms with Gasteiger partial charge < -0.3 is 10.2 Å². The highest BCUT2D eigenvalue weighted by atomic mass is 32.1. The number of fused-ring (bicyclic) bond motifs is 1. The van der Waals surface area contributed by atoms with Crippen LogP contribution in [0.5, 0.6) is 0 Å². The van der Waals surface area contributed by atoms with Crippen molar-refractivity contribution in [1.29, 1.82) is 0 Å². The van der Waals surface area contributed by atoms with Crippen molar-refractivity contribution in [3.05, 3.63) is 21.4 Å². The molecule has 0 saturated carbocycles. The smallest absolute Gasteiger partial charge is 0.255 e. The van der Waals surface area contributed by atoms with Gasteiger partial charge in [-0.25, -0.2) is 0 Å². The molecule has 4 nitrogen and oxygen atoms in total. The standard InChI is InChI=1S/C14H18N2O2S/c17-13-8-16(7-3-6-15-13)14(18)11-9-19-12-5-2-1-4-10(11)12/h9H,1-8H2,(H,15,17). The summed E-state index contributed by atoms with van der Waals surface area (Å²) in [5.74, 6) is -0.00797. The Morgan fingerprint density at radius 3 is 3.00 bits per heavy atom. The zero-order valence-electron chi connectivity index (χ0n) is 10.9. The normalized spacial score (nSPS) is 19.6. The molecule has 2 aliphatic rings. The number of hydrogen-bond acceptors (Lipinski definition) is 3. The predicted molar refractivity (Wildman–Crippen MR) is 74.5 cm³/mol.